The zero-order valence-corrected chi connectivity index (χ0v) is 10.2. The van der Waals surface area contributed by atoms with E-state index in [0.29, 0.717) is 11.3 Å². The summed E-state index contributed by atoms with van der Waals surface area (Å²) in [6.45, 7) is 3.90. The monoisotopic (exact) mass is 215 g/mol. The first-order chi connectivity index (χ1) is 6.65. The van der Waals surface area contributed by atoms with Crippen molar-refractivity contribution in [1.82, 2.24) is 5.32 Å². The molecule has 1 aliphatic carbocycles. The second-order valence-electron chi connectivity index (χ2n) is 4.33. The van der Waals surface area contributed by atoms with Gasteiger partial charge >= 0.3 is 0 Å². The van der Waals surface area contributed by atoms with Gasteiger partial charge in [0.1, 0.15) is 0 Å². The number of hydrogen-bond acceptors (Lipinski definition) is 2. The summed E-state index contributed by atoms with van der Waals surface area (Å²) < 4.78 is 0. The van der Waals surface area contributed by atoms with Crippen molar-refractivity contribution in [2.75, 3.05) is 6.26 Å². The Bertz CT molecular complexity index is 194. The number of hydrogen-bond donors (Lipinski definition) is 1. The average molecular weight is 215 g/mol. The van der Waals surface area contributed by atoms with E-state index in [2.05, 4.69) is 11.6 Å². The van der Waals surface area contributed by atoms with Gasteiger partial charge in [0.15, 0.2) is 0 Å². The molecule has 2 nitrogen and oxygen atoms in total. The lowest BCUT2D eigenvalue weighted by Crippen LogP contribution is -2.45. The van der Waals surface area contributed by atoms with Gasteiger partial charge in [-0.3, -0.25) is 4.79 Å². The van der Waals surface area contributed by atoms with Gasteiger partial charge in [0, 0.05) is 17.2 Å². The molecule has 0 radical (unpaired) electrons. The van der Waals surface area contributed by atoms with Crippen LogP contribution in [0, 0.1) is 5.92 Å². The minimum Gasteiger partial charge on any atom is -0.352 e. The zero-order valence-electron chi connectivity index (χ0n) is 9.38. The minimum absolute atomic E-state index is 0.111. The molecule has 2 atom stereocenters. The number of carbonyl (C=O) groups excluding carboxylic acids is 1. The Morgan fingerprint density at radius 1 is 1.36 bits per heavy atom. The SMILES string of the molecule is CSC1CCCCC1NC(=O)C(C)C. The highest BCUT2D eigenvalue weighted by molar-refractivity contribution is 7.99. The van der Waals surface area contributed by atoms with E-state index >= 15 is 0 Å². The molecule has 82 valence electrons. The molecule has 0 spiro atoms. The molecule has 1 rings (SSSR count). The number of nitrogens with one attached hydrogen (secondary N) is 1. The maximum absolute atomic E-state index is 11.6. The summed E-state index contributed by atoms with van der Waals surface area (Å²) in [4.78, 5) is 11.6. The summed E-state index contributed by atoms with van der Waals surface area (Å²) in [5.41, 5.74) is 0. The fourth-order valence-electron chi connectivity index (χ4n) is 1.89. The van der Waals surface area contributed by atoms with Crippen LogP contribution in [0.2, 0.25) is 0 Å². The van der Waals surface area contributed by atoms with Gasteiger partial charge in [-0.25, -0.2) is 0 Å². The quantitative estimate of drug-likeness (QED) is 0.783. The molecule has 0 saturated heterocycles. The third kappa shape index (κ3) is 3.19. The molecule has 0 aromatic rings. The molecule has 1 N–H and O–H groups in total. The number of carbonyl (C=O) groups is 1. The molecule has 1 aliphatic rings. The molecule has 0 bridgehead atoms. The Kier molecular flexibility index (Phi) is 4.79. The molecule has 3 heteroatoms. The van der Waals surface area contributed by atoms with Crippen LogP contribution < -0.4 is 5.32 Å². The highest BCUT2D eigenvalue weighted by Gasteiger charge is 2.26. The van der Waals surface area contributed by atoms with Crippen LogP contribution in [0.5, 0.6) is 0 Å². The van der Waals surface area contributed by atoms with Crippen molar-refractivity contribution in [3.05, 3.63) is 0 Å². The van der Waals surface area contributed by atoms with Crippen LogP contribution in [0.25, 0.3) is 0 Å². The average Bonchev–Trinajstić information content (AvgIpc) is 2.18. The standard InChI is InChI=1S/C11H21NOS/c1-8(2)11(13)12-9-6-4-5-7-10(9)14-3/h8-10H,4-7H2,1-3H3,(H,12,13). The summed E-state index contributed by atoms with van der Waals surface area (Å²) in [6.07, 6.45) is 7.14. The second kappa shape index (κ2) is 5.64. The van der Waals surface area contributed by atoms with Crippen LogP contribution in [0.15, 0.2) is 0 Å². The first kappa shape index (κ1) is 11.9. The van der Waals surface area contributed by atoms with Crippen LogP contribution in [0.4, 0.5) is 0 Å². The van der Waals surface area contributed by atoms with Gasteiger partial charge in [0.2, 0.25) is 5.91 Å². The molecular weight excluding hydrogens is 194 g/mol. The molecule has 0 aromatic heterocycles. The van der Waals surface area contributed by atoms with E-state index in [4.69, 9.17) is 0 Å². The van der Waals surface area contributed by atoms with Crippen LogP contribution in [-0.4, -0.2) is 23.5 Å². The van der Waals surface area contributed by atoms with Gasteiger partial charge in [-0.15, -0.1) is 0 Å². The molecule has 0 heterocycles. The molecule has 1 fully saturated rings. The summed E-state index contributed by atoms with van der Waals surface area (Å²) in [5.74, 6) is 0.315. The molecule has 14 heavy (non-hydrogen) atoms. The molecule has 0 aromatic carbocycles. The van der Waals surface area contributed by atoms with Crippen LogP contribution in [0.1, 0.15) is 39.5 Å². The van der Waals surface area contributed by atoms with Crippen molar-refractivity contribution in [3.8, 4) is 0 Å². The number of thioether (sulfide) groups is 1. The topological polar surface area (TPSA) is 29.1 Å². The number of amides is 1. The largest absolute Gasteiger partial charge is 0.352 e. The lowest BCUT2D eigenvalue weighted by atomic mass is 9.94. The maximum Gasteiger partial charge on any atom is 0.222 e. The fraction of sp³-hybridized carbons (Fsp3) is 0.909. The zero-order chi connectivity index (χ0) is 10.6. The van der Waals surface area contributed by atoms with Gasteiger partial charge in [-0.05, 0) is 19.1 Å². The van der Waals surface area contributed by atoms with E-state index in [9.17, 15) is 4.79 Å². The second-order valence-corrected chi connectivity index (χ2v) is 5.41. The van der Waals surface area contributed by atoms with E-state index in [0.717, 1.165) is 6.42 Å². The van der Waals surface area contributed by atoms with Crippen LogP contribution in [-0.2, 0) is 4.79 Å². The summed E-state index contributed by atoms with van der Waals surface area (Å²) in [6, 6.07) is 0.411. The van der Waals surface area contributed by atoms with Crippen molar-refractivity contribution in [2.45, 2.75) is 50.8 Å². The lowest BCUT2D eigenvalue weighted by molar-refractivity contribution is -0.124. The molecule has 2 unspecified atom stereocenters. The lowest BCUT2D eigenvalue weighted by Gasteiger charge is -2.31. The Hall–Kier alpha value is -0.180. The Labute approximate surface area is 91.2 Å². The van der Waals surface area contributed by atoms with Crippen molar-refractivity contribution >= 4 is 17.7 Å². The first-order valence-corrected chi connectivity index (χ1v) is 6.77. The highest BCUT2D eigenvalue weighted by Crippen LogP contribution is 2.27. The Morgan fingerprint density at radius 3 is 2.57 bits per heavy atom. The van der Waals surface area contributed by atoms with Crippen molar-refractivity contribution in [3.63, 3.8) is 0 Å². The highest BCUT2D eigenvalue weighted by atomic mass is 32.2. The molecule has 0 aliphatic heterocycles. The fourth-order valence-corrected chi connectivity index (χ4v) is 2.83. The molecule has 1 saturated carbocycles. The van der Waals surface area contributed by atoms with Gasteiger partial charge in [0.25, 0.3) is 0 Å². The smallest absolute Gasteiger partial charge is 0.222 e. The predicted octanol–water partition coefficient (Wildman–Crippen LogP) is 2.43. The van der Waals surface area contributed by atoms with Crippen molar-refractivity contribution in [1.29, 1.82) is 0 Å². The third-order valence-electron chi connectivity index (χ3n) is 2.86. The normalized spacial score (nSPS) is 27.7. The summed E-state index contributed by atoms with van der Waals surface area (Å²) >= 11 is 1.89. The summed E-state index contributed by atoms with van der Waals surface area (Å²) in [7, 11) is 0. The van der Waals surface area contributed by atoms with Crippen LogP contribution in [0.3, 0.4) is 0 Å². The molecular formula is C11H21NOS. The van der Waals surface area contributed by atoms with Crippen molar-refractivity contribution in [2.24, 2.45) is 5.92 Å². The summed E-state index contributed by atoms with van der Waals surface area (Å²) in [5, 5.41) is 3.79. The van der Waals surface area contributed by atoms with Gasteiger partial charge in [0.05, 0.1) is 0 Å². The minimum atomic E-state index is 0.111. The maximum atomic E-state index is 11.6. The van der Waals surface area contributed by atoms with Crippen LogP contribution >= 0.6 is 11.8 Å². The predicted molar refractivity (Wildman–Crippen MR) is 62.5 cm³/mol. The van der Waals surface area contributed by atoms with Gasteiger partial charge < -0.3 is 5.32 Å². The van der Waals surface area contributed by atoms with E-state index < -0.39 is 0 Å². The Morgan fingerprint density at radius 2 is 2.00 bits per heavy atom. The van der Waals surface area contributed by atoms with E-state index in [1.165, 1.54) is 19.3 Å². The van der Waals surface area contributed by atoms with E-state index in [-0.39, 0.29) is 11.8 Å². The number of rotatable bonds is 3. The Balaban J connectivity index is 2.44. The van der Waals surface area contributed by atoms with E-state index in [1.54, 1.807) is 0 Å². The van der Waals surface area contributed by atoms with Gasteiger partial charge in [-0.1, -0.05) is 26.7 Å². The van der Waals surface area contributed by atoms with Gasteiger partial charge in [-0.2, -0.15) is 11.8 Å². The third-order valence-corrected chi connectivity index (χ3v) is 4.03. The first-order valence-electron chi connectivity index (χ1n) is 5.48. The van der Waals surface area contributed by atoms with Crippen molar-refractivity contribution < 1.29 is 4.79 Å². The van der Waals surface area contributed by atoms with E-state index in [1.807, 2.05) is 25.6 Å². The molecule has 1 amide bonds.